The van der Waals surface area contributed by atoms with Crippen LogP contribution in [-0.2, 0) is 12.8 Å². The molecular weight excluding hydrogens is 248 g/mol. The van der Waals surface area contributed by atoms with Crippen molar-refractivity contribution in [3.63, 3.8) is 0 Å². The van der Waals surface area contributed by atoms with Crippen LogP contribution in [0.4, 0.5) is 5.82 Å². The van der Waals surface area contributed by atoms with E-state index >= 15 is 0 Å². The average molecular weight is 268 g/mol. The van der Waals surface area contributed by atoms with E-state index in [1.165, 1.54) is 23.2 Å². The average Bonchev–Trinajstić information content (AvgIpc) is 2.53. The Kier molecular flexibility index (Phi) is 3.63. The van der Waals surface area contributed by atoms with Crippen molar-refractivity contribution in [1.82, 2.24) is 15.0 Å². The molecule has 2 aromatic rings. The van der Waals surface area contributed by atoms with E-state index in [1.807, 2.05) is 19.3 Å². The third-order valence-electron chi connectivity index (χ3n) is 4.09. The molecule has 0 aliphatic heterocycles. The lowest BCUT2D eigenvalue weighted by atomic mass is 9.82. The summed E-state index contributed by atoms with van der Waals surface area (Å²) in [5.41, 5.74) is 4.94. The number of fused-ring (bicyclic) bond motifs is 1. The molecule has 1 unspecified atom stereocenters. The van der Waals surface area contributed by atoms with E-state index in [9.17, 15) is 0 Å². The molecule has 0 bridgehead atoms. The van der Waals surface area contributed by atoms with Gasteiger partial charge in [0, 0.05) is 24.7 Å². The Morgan fingerprint density at radius 3 is 2.95 bits per heavy atom. The van der Waals surface area contributed by atoms with E-state index in [1.54, 1.807) is 6.33 Å². The number of pyridine rings is 1. The Labute approximate surface area is 119 Å². The molecule has 3 rings (SSSR count). The molecule has 1 N–H and O–H groups in total. The number of hydrogen-bond donors (Lipinski definition) is 1. The van der Waals surface area contributed by atoms with Crippen LogP contribution in [0.5, 0.6) is 0 Å². The highest BCUT2D eigenvalue weighted by Crippen LogP contribution is 2.36. The monoisotopic (exact) mass is 268 g/mol. The summed E-state index contributed by atoms with van der Waals surface area (Å²) < 4.78 is 0. The van der Waals surface area contributed by atoms with Gasteiger partial charge < -0.3 is 5.32 Å². The van der Waals surface area contributed by atoms with Crippen molar-refractivity contribution in [2.45, 2.75) is 38.5 Å². The summed E-state index contributed by atoms with van der Waals surface area (Å²) in [7, 11) is 1.92. The Hall–Kier alpha value is -1.97. The molecule has 0 aromatic carbocycles. The summed E-state index contributed by atoms with van der Waals surface area (Å²) in [4.78, 5) is 13.6. The van der Waals surface area contributed by atoms with E-state index in [-0.39, 0.29) is 0 Å². The Morgan fingerprint density at radius 2 is 2.15 bits per heavy atom. The molecule has 0 amide bonds. The highest BCUT2D eigenvalue weighted by atomic mass is 15.0. The maximum Gasteiger partial charge on any atom is 0.132 e. The topological polar surface area (TPSA) is 50.7 Å². The molecule has 1 aliphatic rings. The highest BCUT2D eigenvalue weighted by Gasteiger charge is 2.26. The number of nitrogens with zero attached hydrogens (tertiary/aromatic N) is 3. The van der Waals surface area contributed by atoms with Crippen molar-refractivity contribution in [3.05, 3.63) is 47.2 Å². The lowest BCUT2D eigenvalue weighted by molar-refractivity contribution is 0.582. The van der Waals surface area contributed by atoms with Gasteiger partial charge in [0.2, 0.25) is 0 Å². The smallest absolute Gasteiger partial charge is 0.132 e. The quantitative estimate of drug-likeness (QED) is 0.930. The Bertz CT molecular complexity index is 609. The zero-order valence-electron chi connectivity index (χ0n) is 12.1. The molecule has 0 fully saturated rings. The van der Waals surface area contributed by atoms with Gasteiger partial charge in [-0.3, -0.25) is 4.98 Å². The molecular formula is C16H20N4. The standard InChI is InChI=1S/C16H20N4/c1-3-12-15(19-10-20-16(12)17-2)13-8-4-6-11-7-5-9-18-14(11)13/h5,7,9-10,13H,3-4,6,8H2,1-2H3,(H,17,19,20). The second-order valence-corrected chi connectivity index (χ2v) is 5.18. The van der Waals surface area contributed by atoms with Crippen molar-refractivity contribution < 1.29 is 0 Å². The molecule has 4 heteroatoms. The van der Waals surface area contributed by atoms with E-state index in [0.29, 0.717) is 5.92 Å². The summed E-state index contributed by atoms with van der Waals surface area (Å²) in [6.45, 7) is 2.16. The van der Waals surface area contributed by atoms with Gasteiger partial charge in [0.25, 0.3) is 0 Å². The van der Waals surface area contributed by atoms with Gasteiger partial charge >= 0.3 is 0 Å². The second kappa shape index (κ2) is 5.57. The first-order chi connectivity index (χ1) is 9.85. The number of aryl methyl sites for hydroxylation is 1. The van der Waals surface area contributed by atoms with Crippen molar-refractivity contribution >= 4 is 5.82 Å². The van der Waals surface area contributed by atoms with Crippen LogP contribution in [0.1, 0.15) is 48.2 Å². The molecule has 0 saturated carbocycles. The van der Waals surface area contributed by atoms with E-state index < -0.39 is 0 Å². The second-order valence-electron chi connectivity index (χ2n) is 5.18. The van der Waals surface area contributed by atoms with Crippen LogP contribution in [0.2, 0.25) is 0 Å². The van der Waals surface area contributed by atoms with Gasteiger partial charge in [-0.2, -0.15) is 0 Å². The van der Waals surface area contributed by atoms with Crippen LogP contribution in [-0.4, -0.2) is 22.0 Å². The van der Waals surface area contributed by atoms with Crippen molar-refractivity contribution in [1.29, 1.82) is 0 Å². The minimum Gasteiger partial charge on any atom is -0.373 e. The van der Waals surface area contributed by atoms with Gasteiger partial charge in [0.15, 0.2) is 0 Å². The fraction of sp³-hybridized carbons (Fsp3) is 0.438. The van der Waals surface area contributed by atoms with Crippen LogP contribution in [0.15, 0.2) is 24.7 Å². The van der Waals surface area contributed by atoms with Crippen molar-refractivity contribution in [3.8, 4) is 0 Å². The van der Waals surface area contributed by atoms with E-state index in [2.05, 4.69) is 33.3 Å². The lowest BCUT2D eigenvalue weighted by Crippen LogP contribution is -2.17. The Morgan fingerprint density at radius 1 is 1.25 bits per heavy atom. The van der Waals surface area contributed by atoms with Crippen LogP contribution in [0, 0.1) is 0 Å². The zero-order valence-corrected chi connectivity index (χ0v) is 12.1. The van der Waals surface area contributed by atoms with E-state index in [0.717, 1.165) is 30.8 Å². The summed E-state index contributed by atoms with van der Waals surface area (Å²) in [5, 5.41) is 3.18. The molecule has 1 atom stereocenters. The van der Waals surface area contributed by atoms with Gasteiger partial charge in [-0.15, -0.1) is 0 Å². The van der Waals surface area contributed by atoms with Gasteiger partial charge in [-0.25, -0.2) is 9.97 Å². The first-order valence-electron chi connectivity index (χ1n) is 7.30. The number of anilines is 1. The minimum atomic E-state index is 0.310. The summed E-state index contributed by atoms with van der Waals surface area (Å²) in [6, 6.07) is 4.22. The summed E-state index contributed by atoms with van der Waals surface area (Å²) >= 11 is 0. The summed E-state index contributed by atoms with van der Waals surface area (Å²) in [5.74, 6) is 1.26. The first-order valence-corrected chi connectivity index (χ1v) is 7.30. The first kappa shape index (κ1) is 13.0. The molecule has 2 aromatic heterocycles. The molecule has 1 aliphatic carbocycles. The zero-order chi connectivity index (χ0) is 13.9. The molecule has 104 valence electrons. The van der Waals surface area contributed by atoms with Crippen LogP contribution >= 0.6 is 0 Å². The molecule has 2 heterocycles. The van der Waals surface area contributed by atoms with Gasteiger partial charge in [0.05, 0.1) is 11.4 Å². The maximum atomic E-state index is 4.63. The predicted molar refractivity (Wildman–Crippen MR) is 80.0 cm³/mol. The fourth-order valence-electron chi connectivity index (χ4n) is 3.17. The van der Waals surface area contributed by atoms with Gasteiger partial charge in [-0.1, -0.05) is 13.0 Å². The molecule has 0 radical (unpaired) electrons. The van der Waals surface area contributed by atoms with E-state index in [4.69, 9.17) is 0 Å². The van der Waals surface area contributed by atoms with Crippen molar-refractivity contribution in [2.24, 2.45) is 0 Å². The molecule has 0 saturated heterocycles. The van der Waals surface area contributed by atoms with Crippen molar-refractivity contribution in [2.75, 3.05) is 12.4 Å². The van der Waals surface area contributed by atoms with Crippen LogP contribution in [0.25, 0.3) is 0 Å². The van der Waals surface area contributed by atoms with Gasteiger partial charge in [-0.05, 0) is 37.3 Å². The fourth-order valence-corrected chi connectivity index (χ4v) is 3.17. The lowest BCUT2D eigenvalue weighted by Gasteiger charge is -2.25. The highest BCUT2D eigenvalue weighted by molar-refractivity contribution is 5.48. The van der Waals surface area contributed by atoms with Crippen LogP contribution in [0.3, 0.4) is 0 Å². The molecule has 0 spiro atoms. The third kappa shape index (κ3) is 2.15. The van der Waals surface area contributed by atoms with Gasteiger partial charge in [0.1, 0.15) is 12.1 Å². The third-order valence-corrected chi connectivity index (χ3v) is 4.09. The Balaban J connectivity index is 2.11. The molecule has 20 heavy (non-hydrogen) atoms. The number of rotatable bonds is 3. The largest absolute Gasteiger partial charge is 0.373 e. The normalized spacial score (nSPS) is 17.6. The number of hydrogen-bond acceptors (Lipinski definition) is 4. The van der Waals surface area contributed by atoms with Crippen LogP contribution < -0.4 is 5.32 Å². The SMILES string of the molecule is CCc1c(NC)ncnc1C1CCCc2cccnc21. The minimum absolute atomic E-state index is 0.310. The number of nitrogens with one attached hydrogen (secondary N) is 1. The maximum absolute atomic E-state index is 4.63. The molecule has 4 nitrogen and oxygen atoms in total. The number of aromatic nitrogens is 3. The summed E-state index contributed by atoms with van der Waals surface area (Å²) in [6.07, 6.45) is 7.94. The predicted octanol–water partition coefficient (Wildman–Crippen LogP) is 2.94.